The molecule has 1 aliphatic rings. The lowest BCUT2D eigenvalue weighted by molar-refractivity contribution is -0.154. The van der Waals surface area contributed by atoms with E-state index < -0.39 is 18.8 Å². The number of nitrogens with one attached hydrogen (secondary N) is 1. The van der Waals surface area contributed by atoms with Crippen LogP contribution in [0.1, 0.15) is 25.1 Å². The van der Waals surface area contributed by atoms with Crippen LogP contribution in [0, 0.1) is 11.8 Å². The fraction of sp³-hybridized carbons (Fsp3) is 0.421. The van der Waals surface area contributed by atoms with Crippen LogP contribution < -0.4 is 14.8 Å². The van der Waals surface area contributed by atoms with Gasteiger partial charge in [0.2, 0.25) is 11.8 Å². The molecule has 1 aromatic heterocycles. The Kier molecular flexibility index (Phi) is 6.46. The number of alkyl halides is 3. The highest BCUT2D eigenvalue weighted by Crippen LogP contribution is 2.39. The summed E-state index contributed by atoms with van der Waals surface area (Å²) in [5.74, 6) is 0.318. The molecule has 1 fully saturated rings. The maximum atomic E-state index is 12.4. The van der Waals surface area contributed by atoms with Crippen molar-refractivity contribution in [2.24, 2.45) is 11.8 Å². The van der Waals surface area contributed by atoms with Crippen molar-refractivity contribution in [3.05, 3.63) is 47.4 Å². The molecule has 6 nitrogen and oxygen atoms in total. The summed E-state index contributed by atoms with van der Waals surface area (Å²) in [5, 5.41) is 3.46. The van der Waals surface area contributed by atoms with Crippen molar-refractivity contribution in [2.75, 3.05) is 13.2 Å². The van der Waals surface area contributed by atoms with E-state index in [0.29, 0.717) is 23.1 Å². The molecule has 0 unspecified atom stereocenters. The standard InChI is InChI=1S/C19H19ClF3N3O3/c1-11(16-7-25-17(8-24-16)29-10-19(21,22)23)26-18(27)15-6-12(15)9-28-14-4-2-13(20)3-5-14/h2-5,7-8,11-12,15H,6,9-10H2,1H3,(H,26,27)/t11-,12+,15-/m1/s1. The molecule has 1 saturated carbocycles. The largest absolute Gasteiger partial charge is 0.493 e. The second kappa shape index (κ2) is 8.86. The number of carbonyl (C=O) groups excluding carboxylic acids is 1. The van der Waals surface area contributed by atoms with Gasteiger partial charge in [-0.2, -0.15) is 13.2 Å². The quantitative estimate of drug-likeness (QED) is 0.687. The zero-order chi connectivity index (χ0) is 21.0. The smallest absolute Gasteiger partial charge is 0.422 e. The Hall–Kier alpha value is -2.55. The molecule has 1 N–H and O–H groups in total. The number of aromatic nitrogens is 2. The van der Waals surface area contributed by atoms with Gasteiger partial charge in [0.1, 0.15) is 5.75 Å². The Morgan fingerprint density at radius 1 is 1.24 bits per heavy atom. The molecule has 3 atom stereocenters. The summed E-state index contributed by atoms with van der Waals surface area (Å²) in [7, 11) is 0. The van der Waals surface area contributed by atoms with Crippen molar-refractivity contribution < 1.29 is 27.4 Å². The van der Waals surface area contributed by atoms with E-state index in [1.165, 1.54) is 6.20 Å². The second-order valence-electron chi connectivity index (χ2n) is 6.78. The number of hydrogen-bond donors (Lipinski definition) is 1. The van der Waals surface area contributed by atoms with Gasteiger partial charge >= 0.3 is 6.18 Å². The van der Waals surface area contributed by atoms with Crippen LogP contribution >= 0.6 is 11.6 Å². The number of nitrogens with zero attached hydrogens (tertiary/aromatic N) is 2. The average molecular weight is 430 g/mol. The van der Waals surface area contributed by atoms with Crippen LogP contribution in [0.15, 0.2) is 36.7 Å². The van der Waals surface area contributed by atoms with Gasteiger partial charge in [-0.25, -0.2) is 4.98 Å². The lowest BCUT2D eigenvalue weighted by atomic mass is 10.2. The lowest BCUT2D eigenvalue weighted by Gasteiger charge is -2.14. The molecule has 29 heavy (non-hydrogen) atoms. The van der Waals surface area contributed by atoms with Crippen LogP contribution in [0.3, 0.4) is 0 Å². The van der Waals surface area contributed by atoms with Crippen LogP contribution in [0.25, 0.3) is 0 Å². The van der Waals surface area contributed by atoms with E-state index in [4.69, 9.17) is 16.3 Å². The van der Waals surface area contributed by atoms with Crippen molar-refractivity contribution in [1.82, 2.24) is 15.3 Å². The van der Waals surface area contributed by atoms with Gasteiger partial charge in [-0.1, -0.05) is 11.6 Å². The molecule has 10 heteroatoms. The third-order valence-corrected chi connectivity index (χ3v) is 4.62. The number of ether oxygens (including phenoxy) is 2. The summed E-state index contributed by atoms with van der Waals surface area (Å²) < 4.78 is 46.6. The van der Waals surface area contributed by atoms with E-state index in [-0.39, 0.29) is 23.6 Å². The van der Waals surface area contributed by atoms with Gasteiger partial charge in [0.15, 0.2) is 6.61 Å². The molecule has 0 spiro atoms. The highest BCUT2D eigenvalue weighted by Gasteiger charge is 2.43. The number of benzene rings is 1. The van der Waals surface area contributed by atoms with E-state index in [1.807, 2.05) is 0 Å². The molecule has 1 heterocycles. The van der Waals surface area contributed by atoms with Gasteiger partial charge in [-0.05, 0) is 37.6 Å². The third-order valence-electron chi connectivity index (χ3n) is 4.37. The van der Waals surface area contributed by atoms with Crippen LogP contribution in [-0.2, 0) is 4.79 Å². The topological polar surface area (TPSA) is 73.3 Å². The summed E-state index contributed by atoms with van der Waals surface area (Å²) in [6.07, 6.45) is -1.34. The predicted molar refractivity (Wildman–Crippen MR) is 98.7 cm³/mol. The van der Waals surface area contributed by atoms with Crippen LogP contribution in [0.5, 0.6) is 11.6 Å². The van der Waals surface area contributed by atoms with Crippen LogP contribution in [0.4, 0.5) is 13.2 Å². The maximum absolute atomic E-state index is 12.4. The van der Waals surface area contributed by atoms with Gasteiger partial charge in [0, 0.05) is 16.9 Å². The van der Waals surface area contributed by atoms with Crippen LogP contribution in [0.2, 0.25) is 5.02 Å². The van der Waals surface area contributed by atoms with Gasteiger partial charge < -0.3 is 14.8 Å². The first kappa shape index (κ1) is 21.2. The summed E-state index contributed by atoms with van der Waals surface area (Å²) in [6.45, 7) is 0.716. The van der Waals surface area contributed by atoms with E-state index in [0.717, 1.165) is 12.6 Å². The average Bonchev–Trinajstić information content (AvgIpc) is 3.45. The summed E-state index contributed by atoms with van der Waals surface area (Å²) >= 11 is 5.82. The minimum atomic E-state index is -4.44. The van der Waals surface area contributed by atoms with E-state index >= 15 is 0 Å². The number of amides is 1. The normalized spacial score (nSPS) is 19.3. The fourth-order valence-electron chi connectivity index (χ4n) is 2.66. The highest BCUT2D eigenvalue weighted by atomic mass is 35.5. The molecular weight excluding hydrogens is 411 g/mol. The third kappa shape index (κ3) is 6.49. The zero-order valence-corrected chi connectivity index (χ0v) is 16.2. The van der Waals surface area contributed by atoms with Gasteiger partial charge in [0.25, 0.3) is 0 Å². The first-order valence-corrected chi connectivity index (χ1v) is 9.29. The summed E-state index contributed by atoms with van der Waals surface area (Å²) in [4.78, 5) is 20.2. The SMILES string of the molecule is C[C@@H](NC(=O)[C@@H]1C[C@H]1COc1ccc(Cl)cc1)c1cnc(OCC(F)(F)F)cn1. The zero-order valence-electron chi connectivity index (χ0n) is 15.4. The first-order valence-electron chi connectivity index (χ1n) is 8.91. The predicted octanol–water partition coefficient (Wildman–Crippen LogP) is 3.96. The second-order valence-corrected chi connectivity index (χ2v) is 7.22. The van der Waals surface area contributed by atoms with Gasteiger partial charge in [-0.15, -0.1) is 0 Å². The van der Waals surface area contributed by atoms with E-state index in [9.17, 15) is 18.0 Å². The molecule has 1 amide bonds. The monoisotopic (exact) mass is 429 g/mol. The minimum absolute atomic E-state index is 0.124. The molecule has 0 aliphatic heterocycles. The Morgan fingerprint density at radius 2 is 1.97 bits per heavy atom. The van der Waals surface area contributed by atoms with Crippen molar-refractivity contribution in [3.63, 3.8) is 0 Å². The van der Waals surface area contributed by atoms with Gasteiger partial charge in [-0.3, -0.25) is 9.78 Å². The van der Waals surface area contributed by atoms with E-state index in [2.05, 4.69) is 20.0 Å². The Labute approximate surface area is 170 Å². The van der Waals surface area contributed by atoms with Crippen LogP contribution in [-0.4, -0.2) is 35.3 Å². The first-order chi connectivity index (χ1) is 13.7. The Balaban J connectivity index is 1.43. The Morgan fingerprint density at radius 3 is 2.59 bits per heavy atom. The van der Waals surface area contributed by atoms with Crippen molar-refractivity contribution in [2.45, 2.75) is 25.6 Å². The fourth-order valence-corrected chi connectivity index (χ4v) is 2.79. The molecule has 0 bridgehead atoms. The van der Waals surface area contributed by atoms with Crippen molar-refractivity contribution >= 4 is 17.5 Å². The summed E-state index contributed by atoms with van der Waals surface area (Å²) in [6, 6.07) is 6.56. The number of rotatable bonds is 8. The van der Waals surface area contributed by atoms with Gasteiger partial charge in [0.05, 0.1) is 30.7 Å². The minimum Gasteiger partial charge on any atom is -0.493 e. The summed E-state index contributed by atoms with van der Waals surface area (Å²) in [5.41, 5.74) is 0.423. The Bertz CT molecular complexity index is 831. The molecule has 156 valence electrons. The molecule has 2 aromatic rings. The lowest BCUT2D eigenvalue weighted by Crippen LogP contribution is -2.29. The molecule has 3 rings (SSSR count). The van der Waals surface area contributed by atoms with E-state index in [1.54, 1.807) is 31.2 Å². The maximum Gasteiger partial charge on any atom is 0.422 e. The molecule has 1 aromatic carbocycles. The van der Waals surface area contributed by atoms with Crippen molar-refractivity contribution in [3.8, 4) is 11.6 Å². The molecule has 0 radical (unpaired) electrons. The van der Waals surface area contributed by atoms with Crippen molar-refractivity contribution in [1.29, 1.82) is 0 Å². The number of hydrogen-bond acceptors (Lipinski definition) is 5. The number of carbonyl (C=O) groups is 1. The highest BCUT2D eigenvalue weighted by molar-refractivity contribution is 6.30. The molecule has 0 saturated heterocycles. The number of halogens is 4. The molecular formula is C19H19ClF3N3O3. The molecule has 1 aliphatic carbocycles.